The zero-order valence-corrected chi connectivity index (χ0v) is 19.4. The number of carboxylic acid groups (broad SMARTS) is 1. The molecular formula is C25H24ClN3O4. The molecule has 0 bridgehead atoms. The standard InChI is InChI=1S/C25H24ClN3O4/c1-15-20(24(32)29(14-22(30)31)25(33)21(15)13-27)12-18-6-4-5-17(23(18)26)11-16-7-9-19(10-8-16)28(2)3/h7-12H,4-6,14H2,1-3H3,(H,30,31)/b17-11+,20-12-. The summed E-state index contributed by atoms with van der Waals surface area (Å²) in [6.45, 7) is 0.701. The summed E-state index contributed by atoms with van der Waals surface area (Å²) >= 11 is 6.71. The summed E-state index contributed by atoms with van der Waals surface area (Å²) in [6, 6.07) is 9.84. The molecule has 3 rings (SSSR count). The van der Waals surface area contributed by atoms with Crippen LogP contribution >= 0.6 is 11.6 Å². The predicted molar refractivity (Wildman–Crippen MR) is 126 cm³/mol. The highest BCUT2D eigenvalue weighted by molar-refractivity contribution is 6.33. The quantitative estimate of drug-likeness (QED) is 0.520. The van der Waals surface area contributed by atoms with Crippen LogP contribution in [0.15, 0.2) is 63.2 Å². The lowest BCUT2D eigenvalue weighted by Crippen LogP contribution is -2.45. The minimum absolute atomic E-state index is 0.108. The van der Waals surface area contributed by atoms with Crippen LogP contribution in [0, 0.1) is 11.3 Å². The fourth-order valence-corrected chi connectivity index (χ4v) is 4.12. The largest absolute Gasteiger partial charge is 0.480 e. The molecule has 1 aliphatic carbocycles. The van der Waals surface area contributed by atoms with Gasteiger partial charge in [0.1, 0.15) is 18.2 Å². The Labute approximate surface area is 197 Å². The van der Waals surface area contributed by atoms with E-state index in [4.69, 9.17) is 16.7 Å². The van der Waals surface area contributed by atoms with Gasteiger partial charge in [0, 0.05) is 30.4 Å². The first kappa shape index (κ1) is 24.0. The van der Waals surface area contributed by atoms with Gasteiger partial charge in [-0.1, -0.05) is 29.8 Å². The molecule has 0 fully saturated rings. The molecule has 8 heteroatoms. The van der Waals surface area contributed by atoms with Gasteiger partial charge in [-0.3, -0.25) is 19.3 Å². The van der Waals surface area contributed by atoms with Gasteiger partial charge in [0.15, 0.2) is 0 Å². The number of carbonyl (C=O) groups excluding carboxylic acids is 2. The summed E-state index contributed by atoms with van der Waals surface area (Å²) in [5.41, 5.74) is 3.81. The average molecular weight is 466 g/mol. The first-order valence-electron chi connectivity index (χ1n) is 10.4. The van der Waals surface area contributed by atoms with Crippen LogP contribution in [-0.2, 0) is 14.4 Å². The molecule has 7 nitrogen and oxygen atoms in total. The number of aliphatic carboxylic acids is 1. The normalized spacial score (nSPS) is 19.4. The minimum Gasteiger partial charge on any atom is -0.480 e. The number of allylic oxidation sites excluding steroid dienone is 4. The lowest BCUT2D eigenvalue weighted by molar-refractivity contribution is -0.149. The number of halogens is 1. The van der Waals surface area contributed by atoms with Crippen molar-refractivity contribution < 1.29 is 19.5 Å². The Morgan fingerprint density at radius 1 is 1.18 bits per heavy atom. The van der Waals surface area contributed by atoms with Crippen LogP contribution in [0.3, 0.4) is 0 Å². The van der Waals surface area contributed by atoms with Gasteiger partial charge in [-0.25, -0.2) is 0 Å². The molecule has 1 heterocycles. The highest BCUT2D eigenvalue weighted by Gasteiger charge is 2.36. The van der Waals surface area contributed by atoms with Gasteiger partial charge in [-0.2, -0.15) is 5.26 Å². The molecule has 1 aliphatic heterocycles. The SMILES string of the molecule is CC1=C(C#N)C(=O)N(CC(=O)O)C(=O)/C1=C\C1=C(Cl)C(=C/c2ccc(N(C)C)cc2)/CCC1. The number of amides is 2. The molecule has 0 spiro atoms. The Morgan fingerprint density at radius 3 is 2.42 bits per heavy atom. The summed E-state index contributed by atoms with van der Waals surface area (Å²) in [7, 11) is 3.94. The summed E-state index contributed by atoms with van der Waals surface area (Å²) in [6.07, 6.45) is 5.80. The summed E-state index contributed by atoms with van der Waals surface area (Å²) < 4.78 is 0. The molecule has 0 saturated carbocycles. The van der Waals surface area contributed by atoms with Gasteiger partial charge in [0.2, 0.25) is 0 Å². The molecule has 1 aromatic carbocycles. The lowest BCUT2D eigenvalue weighted by Gasteiger charge is -2.27. The molecule has 33 heavy (non-hydrogen) atoms. The summed E-state index contributed by atoms with van der Waals surface area (Å²) in [5, 5.41) is 19.0. The van der Waals surface area contributed by atoms with Crippen LogP contribution in [0.25, 0.3) is 6.08 Å². The Bertz CT molecular complexity index is 1180. The minimum atomic E-state index is -1.34. The van der Waals surface area contributed by atoms with E-state index in [0.717, 1.165) is 29.7 Å². The lowest BCUT2D eigenvalue weighted by atomic mass is 9.89. The maximum Gasteiger partial charge on any atom is 0.323 e. The summed E-state index contributed by atoms with van der Waals surface area (Å²) in [5.74, 6) is -2.98. The van der Waals surface area contributed by atoms with Gasteiger partial charge in [0.05, 0.1) is 0 Å². The van der Waals surface area contributed by atoms with E-state index in [2.05, 4.69) is 0 Å². The van der Waals surface area contributed by atoms with Crippen molar-refractivity contribution in [3.8, 4) is 6.07 Å². The number of hydrogen-bond acceptors (Lipinski definition) is 5. The van der Waals surface area contributed by atoms with Crippen LogP contribution in [0.5, 0.6) is 0 Å². The van der Waals surface area contributed by atoms with Crippen molar-refractivity contribution in [2.24, 2.45) is 0 Å². The molecule has 1 aromatic rings. The van der Waals surface area contributed by atoms with Crippen molar-refractivity contribution in [2.45, 2.75) is 26.2 Å². The van der Waals surface area contributed by atoms with Crippen molar-refractivity contribution in [1.82, 2.24) is 4.90 Å². The first-order valence-corrected chi connectivity index (χ1v) is 10.8. The fourth-order valence-electron chi connectivity index (χ4n) is 3.82. The third kappa shape index (κ3) is 5.07. The van der Waals surface area contributed by atoms with E-state index in [-0.39, 0.29) is 16.7 Å². The van der Waals surface area contributed by atoms with E-state index in [1.54, 1.807) is 12.1 Å². The van der Waals surface area contributed by atoms with Gasteiger partial charge in [-0.15, -0.1) is 0 Å². The zero-order chi connectivity index (χ0) is 24.3. The monoisotopic (exact) mass is 465 g/mol. The van der Waals surface area contributed by atoms with Gasteiger partial charge in [0.25, 0.3) is 11.8 Å². The highest BCUT2D eigenvalue weighted by atomic mass is 35.5. The van der Waals surface area contributed by atoms with Gasteiger partial charge >= 0.3 is 5.97 Å². The Kier molecular flexibility index (Phi) is 7.19. The number of hydrogen-bond donors (Lipinski definition) is 1. The van der Waals surface area contributed by atoms with Crippen molar-refractivity contribution >= 4 is 41.1 Å². The van der Waals surface area contributed by atoms with E-state index in [9.17, 15) is 19.6 Å². The molecule has 0 saturated heterocycles. The Morgan fingerprint density at radius 2 is 1.85 bits per heavy atom. The first-order chi connectivity index (χ1) is 15.6. The molecule has 2 aliphatic rings. The van der Waals surface area contributed by atoms with E-state index >= 15 is 0 Å². The van der Waals surface area contributed by atoms with Gasteiger partial charge < -0.3 is 10.0 Å². The maximum absolute atomic E-state index is 12.9. The molecule has 170 valence electrons. The highest BCUT2D eigenvalue weighted by Crippen LogP contribution is 2.36. The molecule has 0 atom stereocenters. The number of rotatable bonds is 5. The molecule has 1 N–H and O–H groups in total. The third-order valence-corrected chi connectivity index (χ3v) is 6.13. The predicted octanol–water partition coefficient (Wildman–Crippen LogP) is 4.03. The van der Waals surface area contributed by atoms with Crippen molar-refractivity contribution in [1.29, 1.82) is 5.26 Å². The van der Waals surface area contributed by atoms with Crippen molar-refractivity contribution in [3.05, 3.63) is 68.8 Å². The van der Waals surface area contributed by atoms with E-state index in [1.165, 1.54) is 6.92 Å². The van der Waals surface area contributed by atoms with Crippen LogP contribution in [-0.4, -0.2) is 48.4 Å². The van der Waals surface area contributed by atoms with Crippen molar-refractivity contribution in [3.63, 3.8) is 0 Å². The molecule has 0 aromatic heterocycles. The molecule has 2 amide bonds. The fraction of sp³-hybridized carbons (Fsp3) is 0.280. The van der Waals surface area contributed by atoms with Crippen LogP contribution in [0.1, 0.15) is 31.7 Å². The second-order valence-corrected chi connectivity index (χ2v) is 8.49. The second kappa shape index (κ2) is 9.88. The number of nitrogens with zero attached hydrogens (tertiary/aromatic N) is 3. The number of benzene rings is 1. The Hall–Kier alpha value is -3.63. The number of anilines is 1. The molecule has 0 radical (unpaired) electrons. The van der Waals surface area contributed by atoms with E-state index in [0.29, 0.717) is 21.9 Å². The van der Waals surface area contributed by atoms with E-state index in [1.807, 2.05) is 49.3 Å². The molecular weight excluding hydrogens is 442 g/mol. The topological polar surface area (TPSA) is 102 Å². The van der Waals surface area contributed by atoms with Crippen LogP contribution in [0.2, 0.25) is 0 Å². The van der Waals surface area contributed by atoms with Crippen LogP contribution in [0.4, 0.5) is 5.69 Å². The van der Waals surface area contributed by atoms with Gasteiger partial charge in [-0.05, 0) is 66.7 Å². The smallest absolute Gasteiger partial charge is 0.323 e. The number of carboxylic acids is 1. The third-order valence-electron chi connectivity index (χ3n) is 5.64. The van der Waals surface area contributed by atoms with Crippen molar-refractivity contribution in [2.75, 3.05) is 25.5 Å². The van der Waals surface area contributed by atoms with Crippen LogP contribution < -0.4 is 4.90 Å². The zero-order valence-electron chi connectivity index (χ0n) is 18.7. The Balaban J connectivity index is 2.03. The average Bonchev–Trinajstić information content (AvgIpc) is 2.77. The summed E-state index contributed by atoms with van der Waals surface area (Å²) in [4.78, 5) is 39.1. The number of imide groups is 1. The maximum atomic E-state index is 12.9. The number of carbonyl (C=O) groups is 3. The molecule has 0 unspecified atom stereocenters. The van der Waals surface area contributed by atoms with E-state index < -0.39 is 24.3 Å². The number of nitriles is 1. The second-order valence-electron chi connectivity index (χ2n) is 8.11.